The number of pyridine rings is 2. The molecule has 0 spiro atoms. The van der Waals surface area contributed by atoms with Gasteiger partial charge in [-0.05, 0) is 50.1 Å². The molecule has 0 aliphatic carbocycles. The van der Waals surface area contributed by atoms with E-state index in [1.807, 2.05) is 19.1 Å². The first-order valence-corrected chi connectivity index (χ1v) is 7.16. The summed E-state index contributed by atoms with van der Waals surface area (Å²) in [5, 5.41) is 1.12. The van der Waals surface area contributed by atoms with Crippen LogP contribution >= 0.6 is 0 Å². The predicted octanol–water partition coefficient (Wildman–Crippen LogP) is 3.52. The Balaban J connectivity index is 2.29. The lowest BCUT2D eigenvalue weighted by Crippen LogP contribution is -2.02. The zero-order valence-electron chi connectivity index (χ0n) is 13.2. The van der Waals surface area contributed by atoms with Gasteiger partial charge in [0, 0.05) is 28.8 Å². The highest BCUT2D eigenvalue weighted by Crippen LogP contribution is 2.33. The van der Waals surface area contributed by atoms with Gasteiger partial charge in [-0.2, -0.15) is 0 Å². The number of hydrogen-bond donors (Lipinski definition) is 1. The van der Waals surface area contributed by atoms with Crippen LogP contribution in [0, 0.1) is 20.8 Å². The molecule has 0 radical (unpaired) electrons. The van der Waals surface area contributed by atoms with Gasteiger partial charge in [0.1, 0.15) is 5.75 Å². The van der Waals surface area contributed by atoms with Crippen molar-refractivity contribution in [2.45, 2.75) is 20.8 Å². The molecular formula is C18H18N2O2. The molecule has 0 unspecified atom stereocenters. The molecule has 0 aliphatic heterocycles. The van der Waals surface area contributed by atoms with E-state index in [9.17, 15) is 4.79 Å². The van der Waals surface area contributed by atoms with Gasteiger partial charge in [-0.15, -0.1) is 0 Å². The topological polar surface area (TPSA) is 55.0 Å². The van der Waals surface area contributed by atoms with Crippen LogP contribution in [0.1, 0.15) is 16.7 Å². The lowest BCUT2D eigenvalue weighted by atomic mass is 9.99. The van der Waals surface area contributed by atoms with Crippen LogP contribution in [0.2, 0.25) is 0 Å². The van der Waals surface area contributed by atoms with Gasteiger partial charge in [0.2, 0.25) is 5.56 Å². The molecule has 3 aromatic rings. The molecule has 22 heavy (non-hydrogen) atoms. The van der Waals surface area contributed by atoms with Gasteiger partial charge >= 0.3 is 0 Å². The van der Waals surface area contributed by atoms with Crippen LogP contribution in [-0.4, -0.2) is 17.1 Å². The lowest BCUT2D eigenvalue weighted by molar-refractivity contribution is 0.409. The summed E-state index contributed by atoms with van der Waals surface area (Å²) in [5.41, 5.74) is 5.89. The van der Waals surface area contributed by atoms with Crippen LogP contribution in [-0.2, 0) is 0 Å². The molecule has 3 rings (SSSR count). The van der Waals surface area contributed by atoms with Crippen molar-refractivity contribution in [3.63, 3.8) is 0 Å². The average Bonchev–Trinajstić information content (AvgIpc) is 2.47. The number of aryl methyl sites for hydroxylation is 3. The minimum Gasteiger partial charge on any atom is -0.496 e. The second-order valence-electron chi connectivity index (χ2n) is 5.51. The van der Waals surface area contributed by atoms with Gasteiger partial charge in [-0.3, -0.25) is 4.79 Å². The molecule has 0 amide bonds. The lowest BCUT2D eigenvalue weighted by Gasteiger charge is -2.14. The number of aromatic nitrogens is 2. The van der Waals surface area contributed by atoms with E-state index in [1.165, 1.54) is 6.07 Å². The molecule has 0 bridgehead atoms. The Kier molecular flexibility index (Phi) is 3.45. The van der Waals surface area contributed by atoms with Crippen LogP contribution in [0.4, 0.5) is 0 Å². The summed E-state index contributed by atoms with van der Waals surface area (Å²) in [6.07, 6.45) is 1.69. The van der Waals surface area contributed by atoms with E-state index in [0.29, 0.717) is 0 Å². The van der Waals surface area contributed by atoms with Crippen molar-refractivity contribution in [3.8, 4) is 17.0 Å². The van der Waals surface area contributed by atoms with Crippen molar-refractivity contribution in [2.24, 2.45) is 0 Å². The number of hydrogen-bond acceptors (Lipinski definition) is 3. The Bertz CT molecular complexity index is 906. The molecule has 4 heteroatoms. The number of benzene rings is 1. The van der Waals surface area contributed by atoms with Crippen LogP contribution < -0.4 is 10.3 Å². The number of aromatic amines is 1. The molecule has 112 valence electrons. The maximum Gasteiger partial charge on any atom is 0.247 e. The summed E-state index contributed by atoms with van der Waals surface area (Å²) in [4.78, 5) is 18.6. The van der Waals surface area contributed by atoms with Gasteiger partial charge in [-0.25, -0.2) is 4.98 Å². The van der Waals surface area contributed by atoms with E-state index in [4.69, 9.17) is 9.72 Å². The molecular weight excluding hydrogens is 276 g/mol. The van der Waals surface area contributed by atoms with Crippen molar-refractivity contribution >= 4 is 10.9 Å². The highest BCUT2D eigenvalue weighted by Gasteiger charge is 2.13. The van der Waals surface area contributed by atoms with E-state index < -0.39 is 0 Å². The summed E-state index contributed by atoms with van der Waals surface area (Å²) in [5.74, 6) is 0.911. The first-order valence-electron chi connectivity index (χ1n) is 7.16. The normalized spacial score (nSPS) is 10.9. The fraction of sp³-hybridized carbons (Fsp3) is 0.222. The number of nitrogens with one attached hydrogen (secondary N) is 1. The monoisotopic (exact) mass is 294 g/mol. The van der Waals surface area contributed by atoms with Crippen LogP contribution in [0.5, 0.6) is 5.75 Å². The second kappa shape index (κ2) is 5.30. The molecule has 1 aromatic carbocycles. The zero-order chi connectivity index (χ0) is 15.9. The van der Waals surface area contributed by atoms with Gasteiger partial charge in [0.25, 0.3) is 0 Å². The van der Waals surface area contributed by atoms with Gasteiger partial charge in [0.05, 0.1) is 18.3 Å². The minimum absolute atomic E-state index is 0.113. The Morgan fingerprint density at radius 3 is 2.50 bits per heavy atom. The summed E-state index contributed by atoms with van der Waals surface area (Å²) < 4.78 is 5.50. The summed E-state index contributed by atoms with van der Waals surface area (Å²) in [6, 6.07) is 7.39. The average molecular weight is 294 g/mol. The fourth-order valence-corrected chi connectivity index (χ4v) is 3.00. The smallest absolute Gasteiger partial charge is 0.247 e. The van der Waals surface area contributed by atoms with Crippen molar-refractivity contribution < 1.29 is 4.74 Å². The van der Waals surface area contributed by atoms with Crippen molar-refractivity contribution in [2.75, 3.05) is 7.11 Å². The molecule has 0 saturated heterocycles. The Morgan fingerprint density at radius 1 is 1.09 bits per heavy atom. The van der Waals surface area contributed by atoms with Crippen LogP contribution in [0.25, 0.3) is 22.2 Å². The molecule has 2 aromatic heterocycles. The molecule has 0 aliphatic rings. The zero-order valence-corrected chi connectivity index (χ0v) is 13.2. The first-order chi connectivity index (χ1) is 10.5. The number of rotatable bonds is 2. The predicted molar refractivity (Wildman–Crippen MR) is 88.6 cm³/mol. The van der Waals surface area contributed by atoms with E-state index in [0.717, 1.165) is 44.6 Å². The molecule has 0 atom stereocenters. The van der Waals surface area contributed by atoms with Crippen molar-refractivity contribution in [1.82, 2.24) is 9.97 Å². The fourth-order valence-electron chi connectivity index (χ4n) is 3.00. The summed E-state index contributed by atoms with van der Waals surface area (Å²) in [6.45, 7) is 6.15. The van der Waals surface area contributed by atoms with Crippen LogP contribution in [0.3, 0.4) is 0 Å². The quantitative estimate of drug-likeness (QED) is 0.786. The second-order valence-corrected chi connectivity index (χ2v) is 5.51. The van der Waals surface area contributed by atoms with Gasteiger partial charge < -0.3 is 9.72 Å². The molecule has 0 fully saturated rings. The number of methoxy groups -OCH3 is 1. The number of ether oxygens (including phenoxy) is 1. The third-order valence-corrected chi connectivity index (χ3v) is 3.96. The third kappa shape index (κ3) is 2.26. The number of fused-ring (bicyclic) bond motifs is 1. The van der Waals surface area contributed by atoms with Gasteiger partial charge in [-0.1, -0.05) is 0 Å². The molecule has 1 N–H and O–H groups in total. The standard InChI is InChI=1S/C18H18N2O2/c1-10-7-14(13-5-6-16(21)19-9-13)20-15-8-11(2)18(22-4)12(3)17(10)15/h5-9H,1-4H3,(H,19,21). The van der Waals surface area contributed by atoms with E-state index in [-0.39, 0.29) is 5.56 Å². The summed E-state index contributed by atoms with van der Waals surface area (Å²) >= 11 is 0. The van der Waals surface area contributed by atoms with E-state index in [2.05, 4.69) is 18.8 Å². The highest BCUT2D eigenvalue weighted by atomic mass is 16.5. The molecule has 4 nitrogen and oxygen atoms in total. The minimum atomic E-state index is -0.113. The third-order valence-electron chi connectivity index (χ3n) is 3.96. The number of nitrogens with zero attached hydrogens (tertiary/aromatic N) is 1. The van der Waals surface area contributed by atoms with E-state index in [1.54, 1.807) is 19.4 Å². The van der Waals surface area contributed by atoms with Crippen molar-refractivity contribution in [3.05, 3.63) is 57.5 Å². The van der Waals surface area contributed by atoms with Crippen molar-refractivity contribution in [1.29, 1.82) is 0 Å². The van der Waals surface area contributed by atoms with Gasteiger partial charge in [0.15, 0.2) is 0 Å². The Hall–Kier alpha value is -2.62. The maximum absolute atomic E-state index is 11.2. The first kappa shape index (κ1) is 14.3. The van der Waals surface area contributed by atoms with Crippen LogP contribution in [0.15, 0.2) is 35.3 Å². The highest BCUT2D eigenvalue weighted by molar-refractivity contribution is 5.90. The summed E-state index contributed by atoms with van der Waals surface area (Å²) in [7, 11) is 1.69. The Morgan fingerprint density at radius 2 is 1.86 bits per heavy atom. The molecule has 0 saturated carbocycles. The SMILES string of the molecule is COc1c(C)cc2nc(-c3ccc(=O)[nH]c3)cc(C)c2c1C. The Labute approximate surface area is 128 Å². The number of H-pyrrole nitrogens is 1. The molecule has 2 heterocycles. The van der Waals surface area contributed by atoms with E-state index >= 15 is 0 Å². The largest absolute Gasteiger partial charge is 0.496 e. The maximum atomic E-state index is 11.2.